The molecule has 0 atom stereocenters. The molecule has 7 heteroatoms. The summed E-state index contributed by atoms with van der Waals surface area (Å²) in [5, 5.41) is 4.25. The maximum absolute atomic E-state index is 6.17. The molecule has 1 aromatic carbocycles. The van der Waals surface area contributed by atoms with Crippen LogP contribution in [0.2, 0.25) is 10.0 Å². The van der Waals surface area contributed by atoms with E-state index in [9.17, 15) is 0 Å². The van der Waals surface area contributed by atoms with Crippen LogP contribution in [0.3, 0.4) is 0 Å². The summed E-state index contributed by atoms with van der Waals surface area (Å²) >= 11 is 12.3. The van der Waals surface area contributed by atoms with Crippen LogP contribution in [0.4, 0.5) is 17.3 Å². The van der Waals surface area contributed by atoms with Crippen molar-refractivity contribution in [2.75, 3.05) is 18.2 Å². The van der Waals surface area contributed by atoms with Crippen molar-refractivity contribution in [3.8, 4) is 0 Å². The molecule has 5 nitrogen and oxygen atoms in total. The SMILES string of the molecule is COCc1nc(N)cc(Nc2cc(Cl)c(C)cc2Cl)n1. The largest absolute Gasteiger partial charge is 0.384 e. The van der Waals surface area contributed by atoms with Crippen LogP contribution >= 0.6 is 23.2 Å². The molecular formula is C13H14Cl2N4O. The Bertz CT molecular complexity index is 634. The predicted octanol–water partition coefficient (Wildman–Crippen LogP) is 3.56. The summed E-state index contributed by atoms with van der Waals surface area (Å²) in [5.74, 6) is 1.37. The number of nitrogens with zero attached hydrogens (tertiary/aromatic N) is 2. The average Bonchev–Trinajstić information content (AvgIpc) is 2.35. The summed E-state index contributed by atoms with van der Waals surface area (Å²) in [5.41, 5.74) is 7.29. The number of rotatable bonds is 4. The van der Waals surface area contributed by atoms with Gasteiger partial charge in [0.2, 0.25) is 0 Å². The molecule has 0 saturated heterocycles. The molecule has 0 aliphatic carbocycles. The molecule has 0 bridgehead atoms. The molecule has 20 heavy (non-hydrogen) atoms. The quantitative estimate of drug-likeness (QED) is 0.903. The van der Waals surface area contributed by atoms with Gasteiger partial charge in [0.05, 0.1) is 10.7 Å². The number of hydrogen-bond acceptors (Lipinski definition) is 5. The topological polar surface area (TPSA) is 73.1 Å². The second kappa shape index (κ2) is 6.26. The van der Waals surface area contributed by atoms with Gasteiger partial charge in [-0.15, -0.1) is 0 Å². The summed E-state index contributed by atoms with van der Waals surface area (Å²) < 4.78 is 4.99. The first-order valence-electron chi connectivity index (χ1n) is 5.84. The smallest absolute Gasteiger partial charge is 0.158 e. The summed E-state index contributed by atoms with van der Waals surface area (Å²) in [6.45, 7) is 2.17. The van der Waals surface area contributed by atoms with E-state index in [-0.39, 0.29) is 6.61 Å². The molecule has 106 valence electrons. The number of nitrogens with two attached hydrogens (primary N) is 1. The minimum atomic E-state index is 0.280. The van der Waals surface area contributed by atoms with Crippen molar-refractivity contribution in [2.45, 2.75) is 13.5 Å². The third-order valence-electron chi connectivity index (χ3n) is 2.58. The van der Waals surface area contributed by atoms with Crippen LogP contribution in [-0.4, -0.2) is 17.1 Å². The number of nitrogen functional groups attached to an aromatic ring is 1. The highest BCUT2D eigenvalue weighted by molar-refractivity contribution is 6.35. The van der Waals surface area contributed by atoms with E-state index >= 15 is 0 Å². The lowest BCUT2D eigenvalue weighted by atomic mass is 10.2. The predicted molar refractivity (Wildman–Crippen MR) is 81.6 cm³/mol. The monoisotopic (exact) mass is 312 g/mol. The van der Waals surface area contributed by atoms with Crippen LogP contribution in [0.15, 0.2) is 18.2 Å². The van der Waals surface area contributed by atoms with Crippen LogP contribution in [0, 0.1) is 6.92 Å². The Labute approximate surface area is 127 Å². The Morgan fingerprint density at radius 2 is 1.95 bits per heavy atom. The number of nitrogens with one attached hydrogen (secondary N) is 1. The maximum Gasteiger partial charge on any atom is 0.158 e. The zero-order valence-corrected chi connectivity index (χ0v) is 12.6. The van der Waals surface area contributed by atoms with E-state index in [1.165, 1.54) is 0 Å². The Kier molecular flexibility index (Phi) is 4.65. The van der Waals surface area contributed by atoms with Crippen molar-refractivity contribution < 1.29 is 4.74 Å². The molecule has 1 aromatic heterocycles. The van der Waals surface area contributed by atoms with Crippen molar-refractivity contribution in [1.82, 2.24) is 9.97 Å². The van der Waals surface area contributed by atoms with Gasteiger partial charge in [-0.25, -0.2) is 9.97 Å². The molecule has 1 heterocycles. The fourth-order valence-electron chi connectivity index (χ4n) is 1.66. The summed E-state index contributed by atoms with van der Waals surface area (Å²) in [7, 11) is 1.57. The zero-order valence-electron chi connectivity index (χ0n) is 11.1. The second-order valence-corrected chi connectivity index (χ2v) is 5.05. The van der Waals surface area contributed by atoms with E-state index in [0.717, 1.165) is 5.56 Å². The van der Waals surface area contributed by atoms with Gasteiger partial charge in [0, 0.05) is 18.2 Å². The Balaban J connectivity index is 2.32. The van der Waals surface area contributed by atoms with Gasteiger partial charge in [0.15, 0.2) is 5.82 Å². The number of halogens is 2. The lowest BCUT2D eigenvalue weighted by Crippen LogP contribution is -2.04. The van der Waals surface area contributed by atoms with Crippen LogP contribution in [-0.2, 0) is 11.3 Å². The van der Waals surface area contributed by atoms with E-state index in [2.05, 4.69) is 15.3 Å². The zero-order chi connectivity index (χ0) is 14.7. The van der Waals surface area contributed by atoms with E-state index in [1.54, 1.807) is 25.3 Å². The molecule has 0 aliphatic heterocycles. The first kappa shape index (κ1) is 14.8. The standard InChI is InChI=1S/C13H14Cl2N4O/c1-7-3-9(15)10(4-8(7)14)17-12-5-11(16)18-13(19-12)6-20-2/h3-5H,6H2,1-2H3,(H3,16,17,18,19). The Morgan fingerprint density at radius 1 is 1.20 bits per heavy atom. The fraction of sp³-hybridized carbons (Fsp3) is 0.231. The van der Waals surface area contributed by atoms with E-state index in [4.69, 9.17) is 33.7 Å². The molecule has 0 unspecified atom stereocenters. The number of ether oxygens (including phenoxy) is 1. The fourth-order valence-corrected chi connectivity index (χ4v) is 2.08. The van der Waals surface area contributed by atoms with Crippen molar-refractivity contribution in [3.05, 3.63) is 39.6 Å². The Hall–Kier alpha value is -1.56. The van der Waals surface area contributed by atoms with Crippen LogP contribution in [0.5, 0.6) is 0 Å². The van der Waals surface area contributed by atoms with Crippen LogP contribution < -0.4 is 11.1 Å². The average molecular weight is 313 g/mol. The van der Waals surface area contributed by atoms with Crippen molar-refractivity contribution in [3.63, 3.8) is 0 Å². The summed E-state index contributed by atoms with van der Waals surface area (Å²) in [6.07, 6.45) is 0. The van der Waals surface area contributed by atoms with Crippen molar-refractivity contribution >= 4 is 40.5 Å². The third-order valence-corrected chi connectivity index (χ3v) is 3.30. The lowest BCUT2D eigenvalue weighted by Gasteiger charge is -2.11. The molecule has 0 radical (unpaired) electrons. The Morgan fingerprint density at radius 3 is 2.65 bits per heavy atom. The highest BCUT2D eigenvalue weighted by Crippen LogP contribution is 2.30. The normalized spacial score (nSPS) is 10.6. The van der Waals surface area contributed by atoms with Gasteiger partial charge in [-0.2, -0.15) is 0 Å². The molecular weight excluding hydrogens is 299 g/mol. The third kappa shape index (κ3) is 3.50. The number of methoxy groups -OCH3 is 1. The number of hydrogen-bond donors (Lipinski definition) is 2. The molecule has 3 N–H and O–H groups in total. The maximum atomic E-state index is 6.17. The molecule has 2 aromatic rings. The number of aromatic nitrogens is 2. The molecule has 0 aliphatic rings. The molecule has 0 spiro atoms. The van der Waals surface area contributed by atoms with Crippen LogP contribution in [0.25, 0.3) is 0 Å². The van der Waals surface area contributed by atoms with Gasteiger partial charge < -0.3 is 15.8 Å². The van der Waals surface area contributed by atoms with E-state index in [1.807, 2.05) is 6.92 Å². The van der Waals surface area contributed by atoms with Crippen molar-refractivity contribution in [1.29, 1.82) is 0 Å². The molecule has 0 saturated carbocycles. The molecule has 0 amide bonds. The van der Waals surface area contributed by atoms with Gasteiger partial charge in [-0.05, 0) is 24.6 Å². The van der Waals surface area contributed by atoms with Crippen molar-refractivity contribution in [2.24, 2.45) is 0 Å². The minimum absolute atomic E-state index is 0.280. The lowest BCUT2D eigenvalue weighted by molar-refractivity contribution is 0.178. The summed E-state index contributed by atoms with van der Waals surface area (Å²) in [6, 6.07) is 5.14. The highest BCUT2D eigenvalue weighted by Gasteiger charge is 2.08. The molecule has 2 rings (SSSR count). The number of anilines is 3. The van der Waals surface area contributed by atoms with E-state index < -0.39 is 0 Å². The van der Waals surface area contributed by atoms with Gasteiger partial charge in [0.25, 0.3) is 0 Å². The minimum Gasteiger partial charge on any atom is -0.384 e. The first-order valence-corrected chi connectivity index (χ1v) is 6.60. The van der Waals surface area contributed by atoms with Gasteiger partial charge in [0.1, 0.15) is 18.2 Å². The van der Waals surface area contributed by atoms with Gasteiger partial charge in [-0.1, -0.05) is 23.2 Å². The molecule has 0 fully saturated rings. The second-order valence-electron chi connectivity index (χ2n) is 4.23. The highest BCUT2D eigenvalue weighted by atomic mass is 35.5. The van der Waals surface area contributed by atoms with Crippen LogP contribution in [0.1, 0.15) is 11.4 Å². The number of benzene rings is 1. The van der Waals surface area contributed by atoms with Gasteiger partial charge >= 0.3 is 0 Å². The summed E-state index contributed by atoms with van der Waals surface area (Å²) in [4.78, 5) is 8.34. The van der Waals surface area contributed by atoms with Gasteiger partial charge in [-0.3, -0.25) is 0 Å². The number of aryl methyl sites for hydroxylation is 1. The first-order chi connectivity index (χ1) is 9.49. The van der Waals surface area contributed by atoms with E-state index in [0.29, 0.717) is 33.2 Å².